The summed E-state index contributed by atoms with van der Waals surface area (Å²) in [6.45, 7) is 2.33. The number of carbonyl (C=O) groups is 1. The molecule has 2 N–H and O–H groups in total. The Hall–Kier alpha value is -1.67. The molecule has 0 fully saturated rings. The number of nitrogen functional groups attached to an aromatic ring is 1. The zero-order chi connectivity index (χ0) is 16.8. The van der Waals surface area contributed by atoms with E-state index < -0.39 is 11.8 Å². The molecule has 1 heterocycles. The number of esters is 1. The van der Waals surface area contributed by atoms with Crippen LogP contribution in [0.25, 0.3) is 0 Å². The van der Waals surface area contributed by atoms with Crippen molar-refractivity contribution in [3.8, 4) is 5.75 Å². The van der Waals surface area contributed by atoms with Gasteiger partial charge in [0.1, 0.15) is 0 Å². The maximum absolute atomic E-state index is 13.6. The topological polar surface area (TPSA) is 74.4 Å². The summed E-state index contributed by atoms with van der Waals surface area (Å²) < 4.78 is 24.6. The van der Waals surface area contributed by atoms with Crippen LogP contribution in [0.1, 0.15) is 28.7 Å². The molecule has 1 aromatic heterocycles. The van der Waals surface area contributed by atoms with E-state index in [1.807, 2.05) is 0 Å². The minimum Gasteiger partial charge on any atom is -0.491 e. The van der Waals surface area contributed by atoms with Crippen LogP contribution in [0.3, 0.4) is 0 Å². The average molecular weight is 403 g/mol. The van der Waals surface area contributed by atoms with Crippen molar-refractivity contribution in [2.75, 3.05) is 18.9 Å². The minimum absolute atomic E-state index is 0.197. The highest BCUT2D eigenvalue weighted by molar-refractivity contribution is 9.10. The molecule has 0 saturated heterocycles. The first-order chi connectivity index (χ1) is 11.0. The molecule has 2 aromatic rings. The van der Waals surface area contributed by atoms with Crippen LogP contribution >= 0.6 is 27.3 Å². The SMILES string of the molecule is CCOC(=O)c1nc(N)sc1CCCOc1ccc(Br)cc1F. The van der Waals surface area contributed by atoms with Gasteiger partial charge in [-0.25, -0.2) is 14.2 Å². The molecular formula is C15H16BrFN2O3S. The maximum Gasteiger partial charge on any atom is 0.358 e. The van der Waals surface area contributed by atoms with Gasteiger partial charge in [-0.15, -0.1) is 11.3 Å². The summed E-state index contributed by atoms with van der Waals surface area (Å²) in [7, 11) is 0. The van der Waals surface area contributed by atoms with Crippen molar-refractivity contribution >= 4 is 38.4 Å². The van der Waals surface area contributed by atoms with Gasteiger partial charge in [0.2, 0.25) is 0 Å². The summed E-state index contributed by atoms with van der Waals surface area (Å²) >= 11 is 4.44. The van der Waals surface area contributed by atoms with Crippen molar-refractivity contribution in [2.45, 2.75) is 19.8 Å². The zero-order valence-corrected chi connectivity index (χ0v) is 14.9. The summed E-state index contributed by atoms with van der Waals surface area (Å²) in [6, 6.07) is 4.62. The number of aromatic nitrogens is 1. The molecule has 0 aliphatic heterocycles. The van der Waals surface area contributed by atoms with Gasteiger partial charge in [-0.1, -0.05) is 15.9 Å². The number of hydrogen-bond donors (Lipinski definition) is 1. The van der Waals surface area contributed by atoms with E-state index in [4.69, 9.17) is 15.2 Å². The highest BCUT2D eigenvalue weighted by Gasteiger charge is 2.18. The van der Waals surface area contributed by atoms with E-state index >= 15 is 0 Å². The highest BCUT2D eigenvalue weighted by Crippen LogP contribution is 2.24. The van der Waals surface area contributed by atoms with Crippen molar-refractivity contribution in [1.29, 1.82) is 0 Å². The van der Waals surface area contributed by atoms with E-state index in [-0.39, 0.29) is 18.1 Å². The standard InChI is InChI=1S/C15H16BrFN2O3S/c1-2-21-14(20)13-12(23-15(18)19-13)4-3-7-22-11-6-5-9(16)8-10(11)17/h5-6,8H,2-4,7H2,1H3,(H2,18,19). The molecule has 0 unspecified atom stereocenters. The summed E-state index contributed by atoms with van der Waals surface area (Å²) in [5, 5.41) is 0.322. The number of thiazole rings is 1. The van der Waals surface area contributed by atoms with E-state index in [0.717, 1.165) is 4.88 Å². The summed E-state index contributed by atoms with van der Waals surface area (Å²) in [6.07, 6.45) is 1.16. The molecule has 0 aliphatic carbocycles. The number of aryl methyl sites for hydroxylation is 1. The molecule has 5 nitrogen and oxygen atoms in total. The van der Waals surface area contributed by atoms with Crippen molar-refractivity contribution in [3.63, 3.8) is 0 Å². The van der Waals surface area contributed by atoms with E-state index in [2.05, 4.69) is 20.9 Å². The van der Waals surface area contributed by atoms with Crippen LogP contribution in [-0.2, 0) is 11.2 Å². The lowest BCUT2D eigenvalue weighted by Gasteiger charge is -2.07. The fraction of sp³-hybridized carbons (Fsp3) is 0.333. The lowest BCUT2D eigenvalue weighted by molar-refractivity contribution is 0.0519. The van der Waals surface area contributed by atoms with Gasteiger partial charge < -0.3 is 15.2 Å². The molecule has 0 radical (unpaired) electrons. The Bertz CT molecular complexity index is 693. The third-order valence-corrected chi connectivity index (χ3v) is 4.32. The Labute approximate surface area is 145 Å². The van der Waals surface area contributed by atoms with Crippen molar-refractivity contribution in [1.82, 2.24) is 4.98 Å². The van der Waals surface area contributed by atoms with Crippen LogP contribution in [0.15, 0.2) is 22.7 Å². The predicted octanol–water partition coefficient (Wildman–Crippen LogP) is 3.82. The Kier molecular flexibility index (Phi) is 6.35. The van der Waals surface area contributed by atoms with Crippen molar-refractivity contribution in [3.05, 3.63) is 39.1 Å². The van der Waals surface area contributed by atoms with Gasteiger partial charge in [0.05, 0.1) is 13.2 Å². The fourth-order valence-corrected chi connectivity index (χ4v) is 3.10. The smallest absolute Gasteiger partial charge is 0.358 e. The number of hydrogen-bond acceptors (Lipinski definition) is 6. The largest absolute Gasteiger partial charge is 0.491 e. The van der Waals surface area contributed by atoms with E-state index in [1.165, 1.54) is 17.4 Å². The zero-order valence-electron chi connectivity index (χ0n) is 12.5. The second-order valence-corrected chi connectivity index (χ2v) is 6.60. The molecule has 1 aromatic carbocycles. The Balaban J connectivity index is 1.90. The summed E-state index contributed by atoms with van der Waals surface area (Å²) in [4.78, 5) is 16.5. The van der Waals surface area contributed by atoms with Crippen LogP contribution in [0.4, 0.5) is 9.52 Å². The quantitative estimate of drug-likeness (QED) is 0.562. The molecule has 0 spiro atoms. The average Bonchev–Trinajstić information content (AvgIpc) is 2.87. The van der Waals surface area contributed by atoms with E-state index in [1.54, 1.807) is 19.1 Å². The summed E-state index contributed by atoms with van der Waals surface area (Å²) in [5.74, 6) is -0.702. The van der Waals surface area contributed by atoms with Gasteiger partial charge in [0.15, 0.2) is 22.4 Å². The fourth-order valence-electron chi connectivity index (χ4n) is 1.91. The maximum atomic E-state index is 13.6. The molecule has 0 atom stereocenters. The molecular weight excluding hydrogens is 387 g/mol. The highest BCUT2D eigenvalue weighted by atomic mass is 79.9. The number of ether oxygens (including phenoxy) is 2. The van der Waals surface area contributed by atoms with Crippen LogP contribution in [0.5, 0.6) is 5.75 Å². The Morgan fingerprint density at radius 3 is 2.96 bits per heavy atom. The molecule has 0 amide bonds. The third-order valence-electron chi connectivity index (χ3n) is 2.88. The second-order valence-electron chi connectivity index (χ2n) is 4.57. The normalized spacial score (nSPS) is 10.6. The molecule has 0 saturated carbocycles. The first-order valence-corrected chi connectivity index (χ1v) is 8.62. The Morgan fingerprint density at radius 1 is 1.48 bits per heavy atom. The molecule has 0 bridgehead atoms. The van der Waals surface area contributed by atoms with Gasteiger partial charge >= 0.3 is 5.97 Å². The van der Waals surface area contributed by atoms with Gasteiger partial charge in [-0.05, 0) is 38.0 Å². The van der Waals surface area contributed by atoms with Gasteiger partial charge in [-0.3, -0.25) is 0 Å². The Morgan fingerprint density at radius 2 is 2.26 bits per heavy atom. The van der Waals surface area contributed by atoms with Gasteiger partial charge in [0, 0.05) is 9.35 Å². The number of halogens is 2. The first kappa shape index (κ1) is 17.7. The molecule has 8 heteroatoms. The number of anilines is 1. The van der Waals surface area contributed by atoms with Crippen LogP contribution in [-0.4, -0.2) is 24.2 Å². The van der Waals surface area contributed by atoms with Crippen LogP contribution in [0.2, 0.25) is 0 Å². The van der Waals surface area contributed by atoms with E-state index in [0.29, 0.717) is 29.1 Å². The van der Waals surface area contributed by atoms with Gasteiger partial charge in [0.25, 0.3) is 0 Å². The third kappa shape index (κ3) is 4.90. The van der Waals surface area contributed by atoms with E-state index in [9.17, 15) is 9.18 Å². The minimum atomic E-state index is -0.477. The van der Waals surface area contributed by atoms with Crippen molar-refractivity contribution in [2.24, 2.45) is 0 Å². The second kappa shape index (κ2) is 8.26. The first-order valence-electron chi connectivity index (χ1n) is 7.01. The molecule has 2 rings (SSSR count). The van der Waals surface area contributed by atoms with Crippen LogP contribution < -0.4 is 10.5 Å². The predicted molar refractivity (Wildman–Crippen MR) is 90.4 cm³/mol. The molecule has 23 heavy (non-hydrogen) atoms. The van der Waals surface area contributed by atoms with Crippen molar-refractivity contribution < 1.29 is 18.7 Å². The number of carbonyl (C=O) groups excluding carboxylic acids is 1. The molecule has 0 aliphatic rings. The number of nitrogens with two attached hydrogens (primary N) is 1. The lowest BCUT2D eigenvalue weighted by Crippen LogP contribution is -2.08. The number of rotatable bonds is 7. The van der Waals surface area contributed by atoms with Crippen LogP contribution in [0, 0.1) is 5.82 Å². The van der Waals surface area contributed by atoms with Gasteiger partial charge in [-0.2, -0.15) is 0 Å². The monoisotopic (exact) mass is 402 g/mol. The summed E-state index contributed by atoms with van der Waals surface area (Å²) in [5.41, 5.74) is 5.91. The number of benzene rings is 1. The number of nitrogens with zero attached hydrogens (tertiary/aromatic N) is 1. The molecule has 124 valence electrons. The lowest BCUT2D eigenvalue weighted by atomic mass is 10.2.